The summed E-state index contributed by atoms with van der Waals surface area (Å²) < 4.78 is 4.32. The van der Waals surface area contributed by atoms with E-state index in [1.54, 1.807) is 0 Å². The van der Waals surface area contributed by atoms with E-state index in [9.17, 15) is 0 Å². The fourth-order valence-electron chi connectivity index (χ4n) is 0.933. The molecule has 0 saturated heterocycles. The minimum absolute atomic E-state index is 1.00. The van der Waals surface area contributed by atoms with Gasteiger partial charge in [0.15, 0.2) is 0 Å². The highest BCUT2D eigenvalue weighted by molar-refractivity contribution is 4.77. The zero-order chi connectivity index (χ0) is 9.56. The van der Waals surface area contributed by atoms with Crippen molar-refractivity contribution in [2.45, 2.75) is 20.4 Å². The molecular formula is C7H13N3O2. The third kappa shape index (κ3) is 2.69. The Hall–Kier alpha value is -1.39. The summed E-state index contributed by atoms with van der Waals surface area (Å²) in [6, 6.07) is 0. The van der Waals surface area contributed by atoms with Gasteiger partial charge in [0.2, 0.25) is 0 Å². The molecule has 0 aliphatic heterocycles. The van der Waals surface area contributed by atoms with Gasteiger partial charge in [-0.2, -0.15) is 0 Å². The lowest BCUT2D eigenvalue weighted by molar-refractivity contribution is -0.677. The van der Waals surface area contributed by atoms with Crippen LogP contribution in [0.5, 0.6) is 0 Å². The van der Waals surface area contributed by atoms with Crippen molar-refractivity contribution in [3.05, 3.63) is 28.3 Å². The van der Waals surface area contributed by atoms with Crippen LogP contribution in [0.1, 0.15) is 12.7 Å². The maximum absolute atomic E-state index is 8.00. The number of nitrogens with zero attached hydrogens (tertiary/aromatic N) is 3. The van der Waals surface area contributed by atoms with Gasteiger partial charge in [0, 0.05) is 6.92 Å². The van der Waals surface area contributed by atoms with Crippen molar-refractivity contribution in [1.29, 1.82) is 0 Å². The predicted octanol–water partition coefficient (Wildman–Crippen LogP) is 0.892. The largest absolute Gasteiger partial charge is 0.444 e. The Balaban J connectivity index is 0.000000354. The molecule has 0 unspecified atom stereocenters. The molecule has 0 aliphatic rings. The second kappa shape index (κ2) is 5.29. The van der Waals surface area contributed by atoms with Gasteiger partial charge >= 0.3 is 0 Å². The highest BCUT2D eigenvalue weighted by Gasteiger charge is 2.03. The highest BCUT2D eigenvalue weighted by atomic mass is 16.6. The lowest BCUT2D eigenvalue weighted by Gasteiger charge is -1.90. The summed E-state index contributed by atoms with van der Waals surface area (Å²) in [6.45, 7) is 5.32. The topological polar surface area (TPSA) is 61.3 Å². The van der Waals surface area contributed by atoms with E-state index in [4.69, 9.17) is 10.1 Å². The highest BCUT2D eigenvalue weighted by Crippen LogP contribution is 1.89. The lowest BCUT2D eigenvalue weighted by Crippen LogP contribution is -2.29. The summed E-state index contributed by atoms with van der Waals surface area (Å²) >= 11 is 0. The molecule has 0 aromatic carbocycles. The van der Waals surface area contributed by atoms with Crippen molar-refractivity contribution in [2.75, 3.05) is 0 Å². The van der Waals surface area contributed by atoms with E-state index >= 15 is 0 Å². The average Bonchev–Trinajstić information content (AvgIpc) is 2.35. The second-order valence-corrected chi connectivity index (χ2v) is 2.32. The molecule has 0 bridgehead atoms. The van der Waals surface area contributed by atoms with Crippen molar-refractivity contribution in [3.8, 4) is 0 Å². The van der Waals surface area contributed by atoms with Gasteiger partial charge in [0.1, 0.15) is 12.4 Å². The van der Waals surface area contributed by atoms with Gasteiger partial charge in [-0.25, -0.2) is 9.13 Å². The maximum Gasteiger partial charge on any atom is 0.252 e. The number of hydrogen-bond acceptors (Lipinski definition) is 3. The molecule has 0 aliphatic carbocycles. The predicted molar refractivity (Wildman–Crippen MR) is 45.2 cm³/mol. The van der Waals surface area contributed by atoms with Gasteiger partial charge in [-0.3, -0.25) is 0 Å². The van der Waals surface area contributed by atoms with E-state index in [0.29, 0.717) is 0 Å². The molecule has 0 fully saturated rings. The minimum Gasteiger partial charge on any atom is -0.444 e. The second-order valence-electron chi connectivity index (χ2n) is 2.32. The van der Waals surface area contributed by atoms with Crippen molar-refractivity contribution in [1.82, 2.24) is 4.57 Å². The third-order valence-corrected chi connectivity index (χ3v) is 1.74. The smallest absolute Gasteiger partial charge is 0.252 e. The first-order chi connectivity index (χ1) is 5.67. The van der Waals surface area contributed by atoms with Crippen molar-refractivity contribution in [3.63, 3.8) is 0 Å². The molecule has 0 spiro atoms. The number of rotatable bonds is 1. The van der Waals surface area contributed by atoms with Gasteiger partial charge in [-0.05, 0) is 6.92 Å². The SMILES string of the molecule is CCn1cc[n+](C)c1C.O=N[O-]. The van der Waals surface area contributed by atoms with Gasteiger partial charge in [0.05, 0.1) is 13.6 Å². The normalized spacial score (nSPS) is 8.58. The quantitative estimate of drug-likeness (QED) is 0.358. The van der Waals surface area contributed by atoms with Crippen molar-refractivity contribution in [2.24, 2.45) is 12.4 Å². The molecule has 1 heterocycles. The summed E-state index contributed by atoms with van der Waals surface area (Å²) in [6.07, 6.45) is 4.16. The Morgan fingerprint density at radius 1 is 1.75 bits per heavy atom. The molecule has 0 N–H and O–H groups in total. The van der Waals surface area contributed by atoms with Crippen LogP contribution in [0.2, 0.25) is 0 Å². The molecular weight excluding hydrogens is 158 g/mol. The van der Waals surface area contributed by atoms with Crippen LogP contribution in [0.15, 0.2) is 17.7 Å². The molecule has 1 aromatic rings. The molecule has 0 saturated carbocycles. The van der Waals surface area contributed by atoms with E-state index in [2.05, 4.69) is 42.4 Å². The van der Waals surface area contributed by atoms with Gasteiger partial charge in [-0.1, -0.05) is 0 Å². The van der Waals surface area contributed by atoms with E-state index in [1.807, 2.05) is 0 Å². The molecule has 5 heteroatoms. The standard InChI is InChI=1S/C7H13N2.HNO2/c1-4-9-6-5-8(3)7(9)2;2-1-3/h5-6H,4H2,1-3H3;(H,2,3)/q+1;/p-1. The van der Waals surface area contributed by atoms with Crippen LogP contribution in [0.25, 0.3) is 0 Å². The molecule has 1 aromatic heterocycles. The first-order valence-electron chi connectivity index (χ1n) is 3.63. The van der Waals surface area contributed by atoms with Crippen LogP contribution >= 0.6 is 0 Å². The van der Waals surface area contributed by atoms with Crippen LogP contribution in [0.3, 0.4) is 0 Å². The number of hydrogen-bond donors (Lipinski definition) is 0. The summed E-state index contributed by atoms with van der Waals surface area (Å²) in [7, 11) is 2.06. The van der Waals surface area contributed by atoms with Crippen LogP contribution < -0.4 is 4.57 Å². The number of imidazole rings is 1. The van der Waals surface area contributed by atoms with E-state index in [1.165, 1.54) is 5.82 Å². The third-order valence-electron chi connectivity index (χ3n) is 1.74. The first kappa shape index (κ1) is 10.6. The van der Waals surface area contributed by atoms with Gasteiger partial charge in [-0.15, -0.1) is 5.34 Å². The Bertz CT molecular complexity index is 245. The lowest BCUT2D eigenvalue weighted by atomic mass is 10.6. The average molecular weight is 171 g/mol. The molecule has 1 rings (SSSR count). The Kier molecular flexibility index (Phi) is 4.67. The fraction of sp³-hybridized carbons (Fsp3) is 0.571. The molecule has 0 amide bonds. The van der Waals surface area contributed by atoms with Crippen molar-refractivity contribution < 1.29 is 4.57 Å². The number of aromatic nitrogens is 2. The molecule has 5 nitrogen and oxygen atoms in total. The molecule has 0 radical (unpaired) electrons. The summed E-state index contributed by atoms with van der Waals surface area (Å²) in [5.41, 5.74) is 0. The fourth-order valence-corrected chi connectivity index (χ4v) is 0.933. The van der Waals surface area contributed by atoms with Crippen molar-refractivity contribution >= 4 is 0 Å². The van der Waals surface area contributed by atoms with Crippen LogP contribution in [0.4, 0.5) is 0 Å². The first-order valence-corrected chi connectivity index (χ1v) is 3.63. The molecule has 68 valence electrons. The Labute approximate surface area is 71.2 Å². The zero-order valence-corrected chi connectivity index (χ0v) is 7.52. The summed E-state index contributed by atoms with van der Waals surface area (Å²) in [4.78, 5) is 8.00. The van der Waals surface area contributed by atoms with Crippen LogP contribution in [0, 0.1) is 17.0 Å². The zero-order valence-electron chi connectivity index (χ0n) is 7.52. The van der Waals surface area contributed by atoms with Gasteiger partial charge in [0.25, 0.3) is 5.82 Å². The number of aryl methyl sites for hydroxylation is 2. The van der Waals surface area contributed by atoms with E-state index in [-0.39, 0.29) is 0 Å². The van der Waals surface area contributed by atoms with Crippen LogP contribution in [-0.4, -0.2) is 4.57 Å². The Morgan fingerprint density at radius 3 is 2.42 bits per heavy atom. The van der Waals surface area contributed by atoms with E-state index < -0.39 is 0 Å². The maximum atomic E-state index is 8.00. The molecule has 12 heavy (non-hydrogen) atoms. The monoisotopic (exact) mass is 171 g/mol. The van der Waals surface area contributed by atoms with E-state index in [0.717, 1.165) is 11.9 Å². The van der Waals surface area contributed by atoms with Gasteiger partial charge < -0.3 is 10.1 Å². The van der Waals surface area contributed by atoms with Crippen LogP contribution in [-0.2, 0) is 13.6 Å². The summed E-state index contributed by atoms with van der Waals surface area (Å²) in [5, 5.41) is 9.00. The molecule has 0 atom stereocenters. The Morgan fingerprint density at radius 2 is 2.25 bits per heavy atom. The minimum atomic E-state index is 1.00. The summed E-state index contributed by atoms with van der Waals surface area (Å²) in [5.74, 6) is 1.30.